The Hall–Kier alpha value is -1.55. The van der Waals surface area contributed by atoms with Crippen LogP contribution in [0.1, 0.15) is 37.7 Å². The number of benzene rings is 1. The first-order chi connectivity index (χ1) is 11.3. The summed E-state index contributed by atoms with van der Waals surface area (Å²) in [6.45, 7) is 6.27. The molecule has 0 aliphatic carbocycles. The zero-order valence-electron chi connectivity index (χ0n) is 14.4. The summed E-state index contributed by atoms with van der Waals surface area (Å²) in [4.78, 5) is 6.88. The van der Waals surface area contributed by atoms with Crippen molar-refractivity contribution in [2.45, 2.75) is 38.2 Å². The van der Waals surface area contributed by atoms with Crippen molar-refractivity contribution in [3.05, 3.63) is 35.9 Å². The minimum atomic E-state index is 0.353. The number of hydrogen-bond donors (Lipinski definition) is 1. The van der Waals surface area contributed by atoms with Crippen molar-refractivity contribution in [2.75, 3.05) is 33.3 Å². The maximum Gasteiger partial charge on any atom is 0.193 e. The smallest absolute Gasteiger partial charge is 0.193 e. The van der Waals surface area contributed by atoms with Gasteiger partial charge in [-0.1, -0.05) is 37.3 Å². The van der Waals surface area contributed by atoms with Crippen LogP contribution in [0.2, 0.25) is 0 Å². The van der Waals surface area contributed by atoms with E-state index >= 15 is 0 Å². The predicted molar refractivity (Wildman–Crippen MR) is 94.9 cm³/mol. The summed E-state index contributed by atoms with van der Waals surface area (Å²) < 4.78 is 5.70. The van der Waals surface area contributed by atoms with Gasteiger partial charge in [-0.25, -0.2) is 0 Å². The van der Waals surface area contributed by atoms with Crippen LogP contribution in [0.4, 0.5) is 0 Å². The van der Waals surface area contributed by atoms with Gasteiger partial charge in [-0.15, -0.1) is 0 Å². The summed E-state index contributed by atoms with van der Waals surface area (Å²) in [5.74, 6) is 2.31. The molecule has 3 atom stereocenters. The second-order valence-electron chi connectivity index (χ2n) is 6.79. The normalized spacial score (nSPS) is 28.9. The van der Waals surface area contributed by atoms with Gasteiger partial charge >= 0.3 is 0 Å². The fourth-order valence-corrected chi connectivity index (χ4v) is 3.88. The summed E-state index contributed by atoms with van der Waals surface area (Å²) in [5.41, 5.74) is 1.47. The number of aliphatic imine (C=N–C) groups is 1. The number of hydrogen-bond acceptors (Lipinski definition) is 2. The molecule has 2 heterocycles. The third-order valence-electron chi connectivity index (χ3n) is 5.16. The molecular weight excluding hydrogens is 286 g/mol. The molecule has 126 valence electrons. The summed E-state index contributed by atoms with van der Waals surface area (Å²) in [6.07, 6.45) is 3.89. The SMILES string of the molecule is CN=C(NCC1CCCO1)N1CCC(c2ccccc2)C(C)C1. The Kier molecular flexibility index (Phi) is 5.55. The highest BCUT2D eigenvalue weighted by atomic mass is 16.5. The molecule has 1 aromatic carbocycles. The Morgan fingerprint density at radius 2 is 2.13 bits per heavy atom. The van der Waals surface area contributed by atoms with Crippen molar-refractivity contribution in [3.8, 4) is 0 Å². The van der Waals surface area contributed by atoms with Crippen LogP contribution in [0.25, 0.3) is 0 Å². The average Bonchev–Trinajstić information content (AvgIpc) is 3.10. The van der Waals surface area contributed by atoms with Crippen LogP contribution >= 0.6 is 0 Å². The lowest BCUT2D eigenvalue weighted by atomic mass is 9.82. The largest absolute Gasteiger partial charge is 0.376 e. The summed E-state index contributed by atoms with van der Waals surface area (Å²) in [7, 11) is 1.88. The van der Waals surface area contributed by atoms with Gasteiger partial charge in [-0.05, 0) is 36.7 Å². The highest BCUT2D eigenvalue weighted by molar-refractivity contribution is 5.80. The molecule has 0 spiro atoms. The first kappa shape index (κ1) is 16.3. The molecule has 2 saturated heterocycles. The van der Waals surface area contributed by atoms with E-state index < -0.39 is 0 Å². The second kappa shape index (κ2) is 7.82. The van der Waals surface area contributed by atoms with Crippen LogP contribution in [-0.2, 0) is 4.74 Å². The van der Waals surface area contributed by atoms with E-state index in [1.807, 2.05) is 7.05 Å². The molecule has 4 nitrogen and oxygen atoms in total. The molecule has 0 bridgehead atoms. The molecule has 3 rings (SSSR count). The van der Waals surface area contributed by atoms with E-state index in [2.05, 4.69) is 52.5 Å². The zero-order chi connectivity index (χ0) is 16.1. The van der Waals surface area contributed by atoms with Gasteiger partial charge in [0.2, 0.25) is 0 Å². The molecular formula is C19H29N3O. The minimum Gasteiger partial charge on any atom is -0.376 e. The molecule has 2 aliphatic rings. The van der Waals surface area contributed by atoms with Crippen LogP contribution in [0.5, 0.6) is 0 Å². The minimum absolute atomic E-state index is 0.353. The molecule has 1 N–H and O–H groups in total. The molecule has 2 aliphatic heterocycles. The van der Waals surface area contributed by atoms with Crippen molar-refractivity contribution in [1.29, 1.82) is 0 Å². The molecule has 0 radical (unpaired) electrons. The Labute approximate surface area is 139 Å². The van der Waals surface area contributed by atoms with E-state index in [0.717, 1.165) is 38.6 Å². The molecule has 0 amide bonds. The van der Waals surface area contributed by atoms with Gasteiger partial charge < -0.3 is 15.0 Å². The fourth-order valence-electron chi connectivity index (χ4n) is 3.88. The van der Waals surface area contributed by atoms with Crippen molar-refractivity contribution in [2.24, 2.45) is 10.9 Å². The number of likely N-dealkylation sites (tertiary alicyclic amines) is 1. The van der Waals surface area contributed by atoms with Gasteiger partial charge in [0, 0.05) is 33.3 Å². The van der Waals surface area contributed by atoms with Gasteiger partial charge in [-0.2, -0.15) is 0 Å². The maximum atomic E-state index is 5.70. The van der Waals surface area contributed by atoms with Gasteiger partial charge in [0.15, 0.2) is 5.96 Å². The molecule has 0 aromatic heterocycles. The standard InChI is InChI=1S/C19H29N3O/c1-15-14-22(11-10-18(15)16-7-4-3-5-8-16)19(20-2)21-13-17-9-6-12-23-17/h3-5,7-8,15,17-18H,6,9-14H2,1-2H3,(H,20,21). The van der Waals surface area contributed by atoms with E-state index in [9.17, 15) is 0 Å². The Morgan fingerprint density at radius 1 is 1.30 bits per heavy atom. The van der Waals surface area contributed by atoms with E-state index in [0.29, 0.717) is 17.9 Å². The van der Waals surface area contributed by atoms with Crippen LogP contribution in [0.3, 0.4) is 0 Å². The van der Waals surface area contributed by atoms with Crippen molar-refractivity contribution in [1.82, 2.24) is 10.2 Å². The number of nitrogens with zero attached hydrogens (tertiary/aromatic N) is 2. The zero-order valence-corrected chi connectivity index (χ0v) is 14.4. The summed E-state index contributed by atoms with van der Waals surface area (Å²) in [6, 6.07) is 10.9. The lowest BCUT2D eigenvalue weighted by molar-refractivity contribution is 0.112. The van der Waals surface area contributed by atoms with Crippen LogP contribution < -0.4 is 5.32 Å². The molecule has 1 aromatic rings. The van der Waals surface area contributed by atoms with Gasteiger partial charge in [0.25, 0.3) is 0 Å². The first-order valence-corrected chi connectivity index (χ1v) is 8.90. The van der Waals surface area contributed by atoms with E-state index in [1.54, 1.807) is 0 Å². The van der Waals surface area contributed by atoms with Crippen molar-refractivity contribution in [3.63, 3.8) is 0 Å². The molecule has 3 unspecified atom stereocenters. The van der Waals surface area contributed by atoms with E-state index in [1.165, 1.54) is 18.4 Å². The number of piperidine rings is 1. The quantitative estimate of drug-likeness (QED) is 0.688. The van der Waals surface area contributed by atoms with Crippen LogP contribution in [0.15, 0.2) is 35.3 Å². The lowest BCUT2D eigenvalue weighted by Gasteiger charge is -2.39. The average molecular weight is 315 g/mol. The number of nitrogens with one attached hydrogen (secondary N) is 1. The van der Waals surface area contributed by atoms with Gasteiger partial charge in [-0.3, -0.25) is 4.99 Å². The summed E-state index contributed by atoms with van der Waals surface area (Å²) >= 11 is 0. The lowest BCUT2D eigenvalue weighted by Crippen LogP contribution is -2.49. The molecule has 4 heteroatoms. The third kappa shape index (κ3) is 4.05. The highest BCUT2D eigenvalue weighted by Crippen LogP contribution is 2.32. The maximum absolute atomic E-state index is 5.70. The van der Waals surface area contributed by atoms with Crippen LogP contribution in [-0.4, -0.2) is 50.3 Å². The summed E-state index contributed by atoms with van der Waals surface area (Å²) in [5, 5.41) is 3.51. The number of ether oxygens (including phenoxy) is 1. The second-order valence-corrected chi connectivity index (χ2v) is 6.79. The molecule has 23 heavy (non-hydrogen) atoms. The number of rotatable bonds is 3. The van der Waals surface area contributed by atoms with Gasteiger partial charge in [0.1, 0.15) is 0 Å². The number of guanidine groups is 1. The van der Waals surface area contributed by atoms with E-state index in [-0.39, 0.29) is 0 Å². The third-order valence-corrected chi connectivity index (χ3v) is 5.16. The topological polar surface area (TPSA) is 36.9 Å². The van der Waals surface area contributed by atoms with E-state index in [4.69, 9.17) is 4.74 Å². The Bertz CT molecular complexity index is 511. The van der Waals surface area contributed by atoms with Crippen molar-refractivity contribution >= 4 is 5.96 Å². The Morgan fingerprint density at radius 3 is 2.78 bits per heavy atom. The fraction of sp³-hybridized carbons (Fsp3) is 0.632. The van der Waals surface area contributed by atoms with Crippen molar-refractivity contribution < 1.29 is 4.74 Å². The monoisotopic (exact) mass is 315 g/mol. The predicted octanol–water partition coefficient (Wildman–Crippen LogP) is 2.87. The van der Waals surface area contributed by atoms with Gasteiger partial charge in [0.05, 0.1) is 6.10 Å². The van der Waals surface area contributed by atoms with Crippen LogP contribution in [0, 0.1) is 5.92 Å². The Balaban J connectivity index is 1.55. The molecule has 2 fully saturated rings. The first-order valence-electron chi connectivity index (χ1n) is 8.90. The highest BCUT2D eigenvalue weighted by Gasteiger charge is 2.29. The molecule has 0 saturated carbocycles.